The van der Waals surface area contributed by atoms with E-state index in [-0.39, 0.29) is 5.97 Å². The molecule has 1 aromatic heterocycles. The number of carbonyl (C=O) groups is 2. The summed E-state index contributed by atoms with van der Waals surface area (Å²) in [5.41, 5.74) is -0.449. The van der Waals surface area contributed by atoms with Crippen LogP contribution in [-0.2, 0) is 20.1 Å². The average molecular weight is 314 g/mol. The number of aliphatic carboxylic acids is 1. The van der Waals surface area contributed by atoms with E-state index >= 15 is 0 Å². The summed E-state index contributed by atoms with van der Waals surface area (Å²) in [7, 11) is 0. The van der Waals surface area contributed by atoms with Crippen LogP contribution in [-0.4, -0.2) is 28.4 Å². The standard InChI is InChI=1S/C14H18O4S2/c1-14(2,3)18-13(17)9-19-8-11-5-4-10(20-11)6-7-12(15)16/h4-7H,8-9H2,1-3H3,(H,15,16)/b7-6+. The highest BCUT2D eigenvalue weighted by atomic mass is 32.2. The fourth-order valence-electron chi connectivity index (χ4n) is 1.32. The lowest BCUT2D eigenvalue weighted by Crippen LogP contribution is -2.24. The highest BCUT2D eigenvalue weighted by Gasteiger charge is 2.15. The number of ether oxygens (including phenoxy) is 1. The Labute approximate surface area is 126 Å². The Balaban J connectivity index is 2.36. The highest BCUT2D eigenvalue weighted by Crippen LogP contribution is 2.23. The van der Waals surface area contributed by atoms with Gasteiger partial charge in [-0.25, -0.2) is 4.79 Å². The second kappa shape index (κ2) is 7.50. The molecule has 1 aromatic rings. The van der Waals surface area contributed by atoms with Crippen LogP contribution in [0.5, 0.6) is 0 Å². The minimum absolute atomic E-state index is 0.218. The molecule has 20 heavy (non-hydrogen) atoms. The van der Waals surface area contributed by atoms with Crippen molar-refractivity contribution in [3.05, 3.63) is 28.0 Å². The van der Waals surface area contributed by atoms with E-state index in [2.05, 4.69) is 0 Å². The smallest absolute Gasteiger partial charge is 0.328 e. The van der Waals surface area contributed by atoms with Crippen LogP contribution in [0, 0.1) is 0 Å². The molecule has 0 saturated carbocycles. The summed E-state index contributed by atoms with van der Waals surface area (Å²) < 4.78 is 5.21. The Bertz CT molecular complexity index is 498. The molecule has 0 aliphatic heterocycles. The minimum Gasteiger partial charge on any atom is -0.478 e. The van der Waals surface area contributed by atoms with Crippen molar-refractivity contribution < 1.29 is 19.4 Å². The number of carboxylic acid groups (broad SMARTS) is 1. The molecule has 110 valence electrons. The van der Waals surface area contributed by atoms with Gasteiger partial charge in [0.2, 0.25) is 0 Å². The van der Waals surface area contributed by atoms with Crippen LogP contribution >= 0.6 is 23.1 Å². The van der Waals surface area contributed by atoms with Crippen molar-refractivity contribution in [1.82, 2.24) is 0 Å². The molecule has 1 heterocycles. The third kappa shape index (κ3) is 7.35. The van der Waals surface area contributed by atoms with Crippen LogP contribution in [0.3, 0.4) is 0 Å². The molecule has 4 nitrogen and oxygen atoms in total. The van der Waals surface area contributed by atoms with E-state index in [0.29, 0.717) is 11.5 Å². The Morgan fingerprint density at radius 1 is 1.40 bits per heavy atom. The summed E-state index contributed by atoms with van der Waals surface area (Å²) in [4.78, 5) is 23.9. The van der Waals surface area contributed by atoms with Crippen molar-refractivity contribution in [3.63, 3.8) is 0 Å². The van der Waals surface area contributed by atoms with Gasteiger partial charge >= 0.3 is 11.9 Å². The number of esters is 1. The SMILES string of the molecule is CC(C)(C)OC(=O)CSCc1ccc(/C=C/C(=O)O)s1. The maximum Gasteiger partial charge on any atom is 0.328 e. The van der Waals surface area contributed by atoms with Crippen LogP contribution in [0.25, 0.3) is 6.08 Å². The topological polar surface area (TPSA) is 63.6 Å². The zero-order valence-corrected chi connectivity index (χ0v) is 13.3. The lowest BCUT2D eigenvalue weighted by Gasteiger charge is -2.19. The van der Waals surface area contributed by atoms with E-state index < -0.39 is 11.6 Å². The molecular weight excluding hydrogens is 296 g/mol. The molecule has 0 fully saturated rings. The first-order valence-corrected chi connectivity index (χ1v) is 8.03. The van der Waals surface area contributed by atoms with Gasteiger partial charge in [0.1, 0.15) is 5.60 Å². The summed E-state index contributed by atoms with van der Waals surface area (Å²) in [5.74, 6) is -0.149. The monoisotopic (exact) mass is 314 g/mol. The van der Waals surface area contributed by atoms with Crippen LogP contribution in [0.2, 0.25) is 0 Å². The average Bonchev–Trinajstić information content (AvgIpc) is 2.72. The summed E-state index contributed by atoms with van der Waals surface area (Å²) in [5, 5.41) is 8.54. The number of thiophene rings is 1. The highest BCUT2D eigenvalue weighted by molar-refractivity contribution is 7.99. The number of rotatable bonds is 6. The number of hydrogen-bond acceptors (Lipinski definition) is 5. The predicted molar refractivity (Wildman–Crippen MR) is 83.0 cm³/mol. The lowest BCUT2D eigenvalue weighted by molar-refractivity contribution is -0.151. The van der Waals surface area contributed by atoms with Gasteiger partial charge in [-0.3, -0.25) is 4.79 Å². The summed E-state index contributed by atoms with van der Waals surface area (Å²) in [6.45, 7) is 5.53. The minimum atomic E-state index is -0.959. The summed E-state index contributed by atoms with van der Waals surface area (Å²) in [6.07, 6.45) is 2.68. The normalized spacial score (nSPS) is 11.8. The van der Waals surface area contributed by atoms with Crippen molar-refractivity contribution in [2.75, 3.05) is 5.75 Å². The van der Waals surface area contributed by atoms with Gasteiger partial charge in [-0.1, -0.05) is 0 Å². The molecule has 6 heteroatoms. The number of carboxylic acids is 1. The zero-order valence-electron chi connectivity index (χ0n) is 11.7. The summed E-state index contributed by atoms with van der Waals surface area (Å²) >= 11 is 3.00. The van der Waals surface area contributed by atoms with Crippen LogP contribution < -0.4 is 0 Å². The lowest BCUT2D eigenvalue weighted by atomic mass is 10.2. The maximum atomic E-state index is 11.5. The van der Waals surface area contributed by atoms with Gasteiger partial charge in [-0.15, -0.1) is 23.1 Å². The molecular formula is C14H18O4S2. The molecule has 0 saturated heterocycles. The molecule has 0 amide bonds. The fourth-order valence-corrected chi connectivity index (χ4v) is 3.14. The molecule has 0 radical (unpaired) electrons. The maximum absolute atomic E-state index is 11.5. The van der Waals surface area contributed by atoms with Crippen LogP contribution in [0.15, 0.2) is 18.2 Å². The van der Waals surface area contributed by atoms with Gasteiger partial charge in [0.25, 0.3) is 0 Å². The van der Waals surface area contributed by atoms with E-state index in [1.165, 1.54) is 23.1 Å². The second-order valence-corrected chi connectivity index (χ2v) is 7.24. The first kappa shape index (κ1) is 16.8. The van der Waals surface area contributed by atoms with Crippen molar-refractivity contribution in [2.24, 2.45) is 0 Å². The van der Waals surface area contributed by atoms with Crippen LogP contribution in [0.1, 0.15) is 30.5 Å². The van der Waals surface area contributed by atoms with E-state index in [4.69, 9.17) is 9.84 Å². The third-order valence-corrected chi connectivity index (χ3v) is 4.15. The van der Waals surface area contributed by atoms with E-state index in [0.717, 1.165) is 15.8 Å². The van der Waals surface area contributed by atoms with Gasteiger partial charge in [0.15, 0.2) is 0 Å². The Kier molecular flexibility index (Phi) is 6.29. The fraction of sp³-hybridized carbons (Fsp3) is 0.429. The first-order valence-electron chi connectivity index (χ1n) is 6.05. The Morgan fingerprint density at radius 2 is 2.10 bits per heavy atom. The van der Waals surface area contributed by atoms with Crippen molar-refractivity contribution >= 4 is 41.1 Å². The number of hydrogen-bond donors (Lipinski definition) is 1. The van der Waals surface area contributed by atoms with Crippen molar-refractivity contribution in [1.29, 1.82) is 0 Å². The largest absolute Gasteiger partial charge is 0.478 e. The van der Waals surface area contributed by atoms with Gasteiger partial charge in [0.05, 0.1) is 5.75 Å². The predicted octanol–water partition coefficient (Wildman–Crippen LogP) is 3.42. The molecule has 0 aromatic carbocycles. The van der Waals surface area contributed by atoms with Gasteiger partial charge in [-0.2, -0.15) is 0 Å². The van der Waals surface area contributed by atoms with Crippen molar-refractivity contribution in [3.8, 4) is 0 Å². The van der Waals surface area contributed by atoms with Gasteiger partial charge in [-0.05, 0) is 39.0 Å². The summed E-state index contributed by atoms with van der Waals surface area (Å²) in [6, 6.07) is 3.81. The van der Waals surface area contributed by atoms with Crippen LogP contribution in [0.4, 0.5) is 0 Å². The van der Waals surface area contributed by atoms with Gasteiger partial charge in [0, 0.05) is 21.6 Å². The molecule has 0 aliphatic rings. The Hall–Kier alpha value is -1.27. The molecule has 1 N–H and O–H groups in total. The van der Waals surface area contributed by atoms with E-state index in [9.17, 15) is 9.59 Å². The van der Waals surface area contributed by atoms with E-state index in [1.54, 1.807) is 6.08 Å². The van der Waals surface area contributed by atoms with Crippen molar-refractivity contribution in [2.45, 2.75) is 32.1 Å². The van der Waals surface area contributed by atoms with E-state index in [1.807, 2.05) is 32.9 Å². The van der Waals surface area contributed by atoms with Gasteiger partial charge < -0.3 is 9.84 Å². The second-order valence-electron chi connectivity index (χ2n) is 5.05. The third-order valence-electron chi connectivity index (χ3n) is 1.96. The molecule has 1 rings (SSSR count). The Morgan fingerprint density at radius 3 is 2.70 bits per heavy atom. The molecule has 0 spiro atoms. The molecule has 0 atom stereocenters. The quantitative estimate of drug-likeness (QED) is 0.644. The number of thioether (sulfide) groups is 1. The molecule has 0 bridgehead atoms. The zero-order chi connectivity index (χ0) is 15.2. The molecule has 0 unspecified atom stereocenters. The molecule has 0 aliphatic carbocycles. The first-order chi connectivity index (χ1) is 9.26. The number of carbonyl (C=O) groups excluding carboxylic acids is 1.